The normalized spacial score (nSPS) is 10.4. The Bertz CT molecular complexity index is 1270. The van der Waals surface area contributed by atoms with Crippen LogP contribution < -0.4 is 5.36 Å². The van der Waals surface area contributed by atoms with Crippen LogP contribution >= 0.6 is 39.7 Å². The first-order valence-corrected chi connectivity index (χ1v) is 11.0. The molecule has 6 heteroatoms. The number of aryl methyl sites for hydroxylation is 2. The van der Waals surface area contributed by atoms with Crippen molar-refractivity contribution in [3.05, 3.63) is 104 Å². The summed E-state index contributed by atoms with van der Waals surface area (Å²) in [5.74, 6) is 0. The topological polar surface area (TPSA) is 41.7 Å². The van der Waals surface area contributed by atoms with Crippen LogP contribution in [0.4, 0.5) is 0 Å². The van der Waals surface area contributed by atoms with Gasteiger partial charge in [0.25, 0.3) is 0 Å². The summed E-state index contributed by atoms with van der Waals surface area (Å²) in [5, 5.41) is 12.1. The minimum atomic E-state index is 0.596. The van der Waals surface area contributed by atoms with Crippen molar-refractivity contribution in [1.29, 1.82) is 5.41 Å². The third kappa shape index (κ3) is 5.42. The first-order chi connectivity index (χ1) is 14.4. The average Bonchev–Trinajstić information content (AvgIpc) is 2.74. The molecule has 0 amide bonds. The van der Waals surface area contributed by atoms with Crippen molar-refractivity contribution >= 4 is 56.0 Å². The SMILES string of the molecule is Cc1ccc(C=S)cc1Cl.Cc1cn(Cc2cccc(Br)n2)c2ccccc2c1=N. The van der Waals surface area contributed by atoms with E-state index >= 15 is 0 Å². The maximum Gasteiger partial charge on any atom is 0.106 e. The molecule has 0 bridgehead atoms. The van der Waals surface area contributed by atoms with Crippen LogP contribution in [0, 0.1) is 19.3 Å². The Hall–Kier alpha value is -2.34. The molecule has 0 aliphatic heterocycles. The van der Waals surface area contributed by atoms with E-state index in [1.165, 1.54) is 0 Å². The number of pyridine rings is 2. The molecule has 1 N–H and O–H groups in total. The predicted molar refractivity (Wildman–Crippen MR) is 133 cm³/mol. The molecule has 0 aliphatic carbocycles. The Morgan fingerprint density at radius 1 is 1.07 bits per heavy atom. The van der Waals surface area contributed by atoms with Crippen molar-refractivity contribution < 1.29 is 0 Å². The summed E-state index contributed by atoms with van der Waals surface area (Å²) in [6, 6.07) is 19.7. The van der Waals surface area contributed by atoms with Gasteiger partial charge in [0, 0.05) is 22.0 Å². The summed E-state index contributed by atoms with van der Waals surface area (Å²) in [4.78, 5) is 4.48. The Kier molecular flexibility index (Phi) is 7.53. The summed E-state index contributed by atoms with van der Waals surface area (Å²) in [7, 11) is 0. The molecule has 0 fully saturated rings. The van der Waals surface area contributed by atoms with Gasteiger partial charge in [0.1, 0.15) is 4.60 Å². The Balaban J connectivity index is 0.000000216. The van der Waals surface area contributed by atoms with Crippen molar-refractivity contribution in [1.82, 2.24) is 9.55 Å². The van der Waals surface area contributed by atoms with Crippen LogP contribution in [0.15, 0.2) is 71.5 Å². The van der Waals surface area contributed by atoms with E-state index in [0.29, 0.717) is 11.9 Å². The highest BCUT2D eigenvalue weighted by atomic mass is 79.9. The Labute approximate surface area is 195 Å². The second-order valence-electron chi connectivity index (χ2n) is 6.91. The second-order valence-corrected chi connectivity index (χ2v) is 8.37. The second kappa shape index (κ2) is 10.1. The third-order valence-corrected chi connectivity index (χ3v) is 5.78. The van der Waals surface area contributed by atoms with Crippen molar-refractivity contribution in [2.24, 2.45) is 0 Å². The number of rotatable bonds is 3. The number of nitrogens with one attached hydrogen (secondary N) is 1. The van der Waals surface area contributed by atoms with Gasteiger partial charge in [-0.2, -0.15) is 0 Å². The fourth-order valence-electron chi connectivity index (χ4n) is 3.04. The van der Waals surface area contributed by atoms with Crippen LogP contribution in [0.1, 0.15) is 22.4 Å². The number of hydrogen-bond donors (Lipinski definition) is 1. The number of aromatic nitrogens is 2. The number of halogens is 2. The molecule has 3 nitrogen and oxygen atoms in total. The third-order valence-electron chi connectivity index (χ3n) is 4.66. The predicted octanol–water partition coefficient (Wildman–Crippen LogP) is 6.63. The van der Waals surface area contributed by atoms with Crippen LogP contribution in [0.3, 0.4) is 0 Å². The number of hydrogen-bond acceptors (Lipinski definition) is 3. The first-order valence-electron chi connectivity index (χ1n) is 9.35. The zero-order valence-corrected chi connectivity index (χ0v) is 19.9. The van der Waals surface area contributed by atoms with E-state index in [2.05, 4.69) is 25.5 Å². The molecular formula is C24H21BrClN3S. The molecule has 4 aromatic rings. The highest BCUT2D eigenvalue weighted by molar-refractivity contribution is 9.10. The van der Waals surface area contributed by atoms with Crippen LogP contribution in [0.2, 0.25) is 5.02 Å². The molecule has 30 heavy (non-hydrogen) atoms. The summed E-state index contributed by atoms with van der Waals surface area (Å²) >= 11 is 14.0. The smallest absolute Gasteiger partial charge is 0.106 e. The lowest BCUT2D eigenvalue weighted by atomic mass is 10.1. The van der Waals surface area contributed by atoms with Crippen molar-refractivity contribution in [3.63, 3.8) is 0 Å². The Morgan fingerprint density at radius 2 is 1.83 bits per heavy atom. The van der Waals surface area contributed by atoms with E-state index in [-0.39, 0.29) is 0 Å². The van der Waals surface area contributed by atoms with Gasteiger partial charge in [-0.1, -0.05) is 60.2 Å². The monoisotopic (exact) mass is 497 g/mol. The molecule has 0 radical (unpaired) electrons. The molecule has 2 aromatic heterocycles. The average molecular weight is 499 g/mol. The van der Waals surface area contributed by atoms with Crippen molar-refractivity contribution in [2.75, 3.05) is 0 Å². The molecule has 2 heterocycles. The van der Waals surface area contributed by atoms with E-state index in [1.807, 2.05) is 80.7 Å². The molecule has 0 saturated heterocycles. The van der Waals surface area contributed by atoms with E-state index in [9.17, 15) is 0 Å². The van der Waals surface area contributed by atoms with Gasteiger partial charge < -0.3 is 4.57 Å². The molecule has 0 saturated carbocycles. The summed E-state index contributed by atoms with van der Waals surface area (Å²) in [6.45, 7) is 4.64. The zero-order valence-electron chi connectivity index (χ0n) is 16.7. The van der Waals surface area contributed by atoms with Gasteiger partial charge >= 0.3 is 0 Å². The first kappa shape index (κ1) is 22.3. The Morgan fingerprint density at radius 3 is 2.53 bits per heavy atom. The van der Waals surface area contributed by atoms with Crippen LogP contribution in [-0.4, -0.2) is 14.9 Å². The van der Waals surface area contributed by atoms with Crippen LogP contribution in [0.5, 0.6) is 0 Å². The highest BCUT2D eigenvalue weighted by Crippen LogP contribution is 2.16. The van der Waals surface area contributed by atoms with Crippen LogP contribution in [-0.2, 0) is 6.54 Å². The lowest BCUT2D eigenvalue weighted by Gasteiger charge is -2.13. The van der Waals surface area contributed by atoms with Gasteiger partial charge in [0.05, 0.1) is 23.1 Å². The molecule has 0 spiro atoms. The summed E-state index contributed by atoms with van der Waals surface area (Å²) in [6.07, 6.45) is 2.02. The maximum atomic E-state index is 8.16. The maximum absolute atomic E-state index is 8.16. The molecule has 0 aliphatic rings. The minimum Gasteiger partial charge on any atom is -0.341 e. The van der Waals surface area contributed by atoms with Gasteiger partial charge in [0.15, 0.2) is 0 Å². The quantitative estimate of drug-likeness (QED) is 0.254. The van der Waals surface area contributed by atoms with Crippen molar-refractivity contribution in [2.45, 2.75) is 20.4 Å². The number of thiocarbonyl (C=S) groups is 1. The molecule has 152 valence electrons. The fraction of sp³-hybridized carbons (Fsp3) is 0.125. The van der Waals surface area contributed by atoms with E-state index < -0.39 is 0 Å². The number of para-hydroxylation sites is 1. The summed E-state index contributed by atoms with van der Waals surface area (Å²) < 4.78 is 2.99. The standard InChI is InChI=1S/C16H14BrN3.C8H7ClS/c1-11-9-20(10-12-5-4-8-15(17)19-12)14-7-3-2-6-13(14)16(11)18;1-6-2-3-7(5-10)4-8(6)9/h2-9,18H,10H2,1H3;2-5H,1H3. The van der Waals surface area contributed by atoms with Gasteiger partial charge in [0.2, 0.25) is 0 Å². The highest BCUT2D eigenvalue weighted by Gasteiger charge is 2.05. The van der Waals surface area contributed by atoms with Gasteiger partial charge in [-0.3, -0.25) is 5.41 Å². The van der Waals surface area contributed by atoms with Gasteiger partial charge in [-0.05, 0) is 70.7 Å². The van der Waals surface area contributed by atoms with Crippen LogP contribution in [0.25, 0.3) is 10.9 Å². The lowest BCUT2D eigenvalue weighted by molar-refractivity contribution is 0.789. The zero-order chi connectivity index (χ0) is 21.7. The number of fused-ring (bicyclic) bond motifs is 1. The van der Waals surface area contributed by atoms with Gasteiger partial charge in [-0.25, -0.2) is 4.98 Å². The van der Waals surface area contributed by atoms with E-state index in [4.69, 9.17) is 29.2 Å². The molecular weight excluding hydrogens is 478 g/mol. The van der Waals surface area contributed by atoms with Gasteiger partial charge in [-0.15, -0.1) is 0 Å². The fourth-order valence-corrected chi connectivity index (χ4v) is 3.76. The van der Waals surface area contributed by atoms with Crippen molar-refractivity contribution in [3.8, 4) is 0 Å². The number of nitrogens with zero attached hydrogens (tertiary/aromatic N) is 2. The summed E-state index contributed by atoms with van der Waals surface area (Å²) in [5.41, 5.74) is 5.10. The minimum absolute atomic E-state index is 0.596. The lowest BCUT2D eigenvalue weighted by Crippen LogP contribution is -2.13. The van der Waals surface area contributed by atoms with E-state index in [1.54, 1.807) is 5.37 Å². The number of benzene rings is 2. The molecule has 0 atom stereocenters. The molecule has 2 aromatic carbocycles. The molecule has 0 unspecified atom stereocenters. The molecule has 4 rings (SSSR count). The van der Waals surface area contributed by atoms with E-state index in [0.717, 1.165) is 42.9 Å². The largest absolute Gasteiger partial charge is 0.341 e.